The van der Waals surface area contributed by atoms with E-state index in [2.05, 4.69) is 0 Å². The number of nitrogens with zero attached hydrogens (tertiary/aromatic N) is 2. The van der Waals surface area contributed by atoms with Crippen LogP contribution in [0.25, 0.3) is 0 Å². The highest BCUT2D eigenvalue weighted by atomic mass is 35.5. The largest absolute Gasteiger partial charge is 0.313 e. The van der Waals surface area contributed by atoms with Gasteiger partial charge in [-0.05, 0) is 32.9 Å². The molecule has 0 atom stereocenters. The van der Waals surface area contributed by atoms with Crippen molar-refractivity contribution >= 4 is 60.4 Å². The minimum absolute atomic E-state index is 0. The topological polar surface area (TPSA) is 40.6 Å². The Labute approximate surface area is 144 Å². The number of para-hydroxylation sites is 2. The van der Waals surface area contributed by atoms with E-state index in [1.807, 2.05) is 31.2 Å². The lowest BCUT2D eigenvalue weighted by Crippen LogP contribution is -2.47. The first-order valence-corrected chi connectivity index (χ1v) is 6.10. The van der Waals surface area contributed by atoms with Gasteiger partial charge in [0, 0.05) is 13.6 Å². The van der Waals surface area contributed by atoms with Crippen LogP contribution in [0.3, 0.4) is 0 Å². The first kappa shape index (κ1) is 22.3. The summed E-state index contributed by atoms with van der Waals surface area (Å²) in [6.45, 7) is 5.84. The summed E-state index contributed by atoms with van der Waals surface area (Å²) in [5.74, 6) is -0.317. The number of carbonyl (C=O) groups excluding carboxylic acids is 2. The fourth-order valence-electron chi connectivity index (χ4n) is 2.36. The molecule has 120 valence electrons. The van der Waals surface area contributed by atoms with E-state index < -0.39 is 5.41 Å². The van der Waals surface area contributed by atoms with E-state index in [-0.39, 0.29) is 49.0 Å². The predicted molar refractivity (Wildman–Crippen MR) is 93.4 cm³/mol. The molecule has 0 unspecified atom stereocenters. The summed E-state index contributed by atoms with van der Waals surface area (Å²) >= 11 is 0. The summed E-state index contributed by atoms with van der Waals surface area (Å²) in [5.41, 5.74) is 0.554. The van der Waals surface area contributed by atoms with Crippen molar-refractivity contribution in [1.29, 1.82) is 0 Å². The van der Waals surface area contributed by atoms with Gasteiger partial charge in [-0.15, -0.1) is 37.2 Å². The summed E-state index contributed by atoms with van der Waals surface area (Å²) in [6, 6.07) is 7.50. The lowest BCUT2D eigenvalue weighted by atomic mass is 9.90. The number of fused-ring (bicyclic) bond motifs is 1. The van der Waals surface area contributed by atoms with E-state index >= 15 is 0 Å². The molecule has 0 aromatic heterocycles. The van der Waals surface area contributed by atoms with Crippen molar-refractivity contribution in [2.45, 2.75) is 20.8 Å². The number of carbonyl (C=O) groups is 2. The summed E-state index contributed by atoms with van der Waals surface area (Å²) < 4.78 is 0. The third-order valence-electron chi connectivity index (χ3n) is 3.47. The second-order valence-electron chi connectivity index (χ2n) is 5.03. The molecule has 2 rings (SSSR count). The first-order valence-electron chi connectivity index (χ1n) is 6.10. The van der Waals surface area contributed by atoms with Gasteiger partial charge in [0.15, 0.2) is 0 Å². The van der Waals surface area contributed by atoms with E-state index in [0.29, 0.717) is 6.54 Å². The summed E-state index contributed by atoms with van der Waals surface area (Å²) in [5, 5.41) is 0. The molecular weight excluding hydrogens is 335 g/mol. The zero-order chi connectivity index (χ0) is 13.5. The van der Waals surface area contributed by atoms with Crippen molar-refractivity contribution in [3.63, 3.8) is 0 Å². The van der Waals surface area contributed by atoms with E-state index in [1.165, 1.54) is 0 Å². The molecule has 1 aliphatic rings. The minimum Gasteiger partial charge on any atom is -0.313 e. The van der Waals surface area contributed by atoms with Crippen molar-refractivity contribution in [3.05, 3.63) is 24.3 Å². The summed E-state index contributed by atoms with van der Waals surface area (Å²) in [4.78, 5) is 28.1. The molecule has 2 amide bonds. The number of halogens is 3. The molecular formula is C14H21Cl3N2O2. The molecule has 1 aromatic carbocycles. The van der Waals surface area contributed by atoms with Crippen LogP contribution in [0.1, 0.15) is 20.8 Å². The average Bonchev–Trinajstić information content (AvgIpc) is 2.42. The Morgan fingerprint density at radius 3 is 1.90 bits per heavy atom. The lowest BCUT2D eigenvalue weighted by Gasteiger charge is -2.27. The Morgan fingerprint density at radius 1 is 0.952 bits per heavy atom. The molecule has 0 fully saturated rings. The molecule has 7 heteroatoms. The van der Waals surface area contributed by atoms with Gasteiger partial charge in [0.25, 0.3) is 0 Å². The van der Waals surface area contributed by atoms with Crippen LogP contribution in [0.15, 0.2) is 24.3 Å². The maximum atomic E-state index is 12.5. The van der Waals surface area contributed by atoms with Crippen LogP contribution >= 0.6 is 37.2 Å². The van der Waals surface area contributed by atoms with Crippen molar-refractivity contribution < 1.29 is 9.59 Å². The SMILES string of the molecule is CCN1C(=O)C(C)(C)C(=O)N(C)c2ccccc21.Cl.Cl.Cl. The molecule has 21 heavy (non-hydrogen) atoms. The number of anilines is 2. The normalized spacial score (nSPS) is 16.0. The third kappa shape index (κ3) is 3.44. The van der Waals surface area contributed by atoms with E-state index in [4.69, 9.17) is 0 Å². The fraction of sp³-hybridized carbons (Fsp3) is 0.429. The van der Waals surface area contributed by atoms with Gasteiger partial charge < -0.3 is 9.80 Å². The van der Waals surface area contributed by atoms with Crippen LogP contribution in [-0.2, 0) is 9.59 Å². The Morgan fingerprint density at radius 2 is 1.43 bits per heavy atom. The molecule has 0 saturated carbocycles. The second kappa shape index (κ2) is 7.87. The molecule has 0 radical (unpaired) electrons. The van der Waals surface area contributed by atoms with Crippen molar-refractivity contribution in [3.8, 4) is 0 Å². The van der Waals surface area contributed by atoms with Crippen molar-refractivity contribution in [2.75, 3.05) is 23.4 Å². The molecule has 0 saturated heterocycles. The highest BCUT2D eigenvalue weighted by molar-refractivity contribution is 6.19. The van der Waals surface area contributed by atoms with Gasteiger partial charge in [0.05, 0.1) is 11.4 Å². The fourth-order valence-corrected chi connectivity index (χ4v) is 2.36. The van der Waals surface area contributed by atoms with Gasteiger partial charge >= 0.3 is 0 Å². The molecule has 0 N–H and O–H groups in total. The lowest BCUT2D eigenvalue weighted by molar-refractivity contribution is -0.137. The van der Waals surface area contributed by atoms with Gasteiger partial charge in [-0.3, -0.25) is 9.59 Å². The maximum absolute atomic E-state index is 12.5. The highest BCUT2D eigenvalue weighted by Gasteiger charge is 2.44. The molecule has 4 nitrogen and oxygen atoms in total. The Bertz CT molecular complexity index is 521. The monoisotopic (exact) mass is 354 g/mol. The minimum atomic E-state index is -1.02. The maximum Gasteiger partial charge on any atom is 0.242 e. The van der Waals surface area contributed by atoms with Crippen LogP contribution in [0.2, 0.25) is 0 Å². The van der Waals surface area contributed by atoms with Crippen molar-refractivity contribution in [2.24, 2.45) is 5.41 Å². The quantitative estimate of drug-likeness (QED) is 0.725. The van der Waals surface area contributed by atoms with E-state index in [9.17, 15) is 9.59 Å². The van der Waals surface area contributed by atoms with E-state index in [0.717, 1.165) is 11.4 Å². The zero-order valence-corrected chi connectivity index (χ0v) is 14.9. The number of benzene rings is 1. The second-order valence-corrected chi connectivity index (χ2v) is 5.03. The molecule has 0 aliphatic carbocycles. The highest BCUT2D eigenvalue weighted by Crippen LogP contribution is 2.37. The van der Waals surface area contributed by atoms with Crippen LogP contribution in [0.4, 0.5) is 11.4 Å². The summed E-state index contributed by atoms with van der Waals surface area (Å²) in [7, 11) is 1.72. The van der Waals surface area contributed by atoms with Gasteiger partial charge in [-0.2, -0.15) is 0 Å². The standard InChI is InChI=1S/C14H18N2O2.3ClH/c1-5-16-11-9-7-6-8-10(11)15(4)12(17)14(2,3)13(16)18;;;/h6-9H,5H2,1-4H3;3*1H. The van der Waals surface area contributed by atoms with Gasteiger partial charge in [0.1, 0.15) is 5.41 Å². The van der Waals surface area contributed by atoms with Crippen LogP contribution in [-0.4, -0.2) is 25.4 Å². The van der Waals surface area contributed by atoms with Crippen LogP contribution in [0.5, 0.6) is 0 Å². The molecule has 0 spiro atoms. The van der Waals surface area contributed by atoms with Gasteiger partial charge in [-0.25, -0.2) is 0 Å². The average molecular weight is 356 g/mol. The van der Waals surface area contributed by atoms with E-state index in [1.54, 1.807) is 30.7 Å². The number of rotatable bonds is 1. The molecule has 1 aromatic rings. The number of hydrogen-bond donors (Lipinski definition) is 0. The number of hydrogen-bond acceptors (Lipinski definition) is 2. The Balaban J connectivity index is 0. The number of amides is 2. The Hall–Kier alpha value is -0.970. The van der Waals surface area contributed by atoms with Crippen LogP contribution < -0.4 is 9.80 Å². The smallest absolute Gasteiger partial charge is 0.242 e. The predicted octanol–water partition coefficient (Wildman–Crippen LogP) is 3.31. The summed E-state index contributed by atoms with van der Waals surface area (Å²) in [6.07, 6.45) is 0. The van der Waals surface area contributed by atoms with Gasteiger partial charge in [-0.1, -0.05) is 12.1 Å². The van der Waals surface area contributed by atoms with Crippen LogP contribution in [0, 0.1) is 5.41 Å². The first-order chi connectivity index (χ1) is 8.41. The molecule has 1 heterocycles. The van der Waals surface area contributed by atoms with Crippen molar-refractivity contribution in [1.82, 2.24) is 0 Å². The molecule has 0 bridgehead atoms. The third-order valence-corrected chi connectivity index (χ3v) is 3.47. The molecule has 1 aliphatic heterocycles. The Kier molecular flexibility index (Phi) is 8.37. The van der Waals surface area contributed by atoms with Gasteiger partial charge in [0.2, 0.25) is 11.8 Å². The zero-order valence-electron chi connectivity index (χ0n) is 12.5.